The van der Waals surface area contributed by atoms with Crippen LogP contribution >= 0.6 is 0 Å². The highest BCUT2D eigenvalue weighted by molar-refractivity contribution is 4.85. The molecule has 1 heterocycles. The first-order valence-corrected chi connectivity index (χ1v) is 4.91. The van der Waals surface area contributed by atoms with Crippen LogP contribution in [0.4, 0.5) is 0 Å². The largest absolute Gasteiger partial charge is 0.392 e. The van der Waals surface area contributed by atoms with Crippen LogP contribution in [0.1, 0.15) is 34.1 Å². The van der Waals surface area contributed by atoms with Crippen molar-refractivity contribution in [1.29, 1.82) is 0 Å². The standard InChI is InChI=1S/C10H20O2/c1-5-9-7(3)10(11)6(2)8(4)12-9/h6-11H,5H2,1-4H3/t6-,7+,8+,9+,10-/m0/s1. The third-order valence-electron chi connectivity index (χ3n) is 3.20. The van der Waals surface area contributed by atoms with E-state index in [1.165, 1.54) is 0 Å². The maximum atomic E-state index is 9.84. The molecule has 0 unspecified atom stereocenters. The summed E-state index contributed by atoms with van der Waals surface area (Å²) in [6.45, 7) is 8.28. The van der Waals surface area contributed by atoms with E-state index in [1.807, 2.05) is 6.92 Å². The predicted molar refractivity (Wildman–Crippen MR) is 49.0 cm³/mol. The fourth-order valence-corrected chi connectivity index (χ4v) is 1.97. The summed E-state index contributed by atoms with van der Waals surface area (Å²) in [7, 11) is 0. The summed E-state index contributed by atoms with van der Waals surface area (Å²) in [5.74, 6) is 0.545. The number of ether oxygens (including phenoxy) is 1. The Hall–Kier alpha value is -0.0800. The lowest BCUT2D eigenvalue weighted by Crippen LogP contribution is -2.47. The van der Waals surface area contributed by atoms with Gasteiger partial charge in [-0.2, -0.15) is 0 Å². The molecule has 0 bridgehead atoms. The minimum atomic E-state index is -0.196. The monoisotopic (exact) mass is 172 g/mol. The van der Waals surface area contributed by atoms with E-state index in [-0.39, 0.29) is 30.1 Å². The van der Waals surface area contributed by atoms with E-state index in [0.29, 0.717) is 0 Å². The van der Waals surface area contributed by atoms with Gasteiger partial charge in [0, 0.05) is 11.8 Å². The summed E-state index contributed by atoms with van der Waals surface area (Å²) in [4.78, 5) is 0. The molecule has 1 rings (SSSR count). The van der Waals surface area contributed by atoms with Crippen molar-refractivity contribution in [3.63, 3.8) is 0 Å². The topological polar surface area (TPSA) is 29.5 Å². The Kier molecular flexibility index (Phi) is 3.13. The molecule has 72 valence electrons. The van der Waals surface area contributed by atoms with Gasteiger partial charge in [-0.1, -0.05) is 20.8 Å². The lowest BCUT2D eigenvalue weighted by Gasteiger charge is -2.41. The van der Waals surface area contributed by atoms with Crippen LogP contribution < -0.4 is 0 Å². The fraction of sp³-hybridized carbons (Fsp3) is 1.00. The summed E-state index contributed by atoms with van der Waals surface area (Å²) in [6, 6.07) is 0. The zero-order valence-corrected chi connectivity index (χ0v) is 8.45. The van der Waals surface area contributed by atoms with Gasteiger partial charge in [-0.25, -0.2) is 0 Å². The second kappa shape index (κ2) is 3.75. The number of aliphatic hydroxyl groups excluding tert-OH is 1. The Morgan fingerprint density at radius 1 is 1.17 bits per heavy atom. The van der Waals surface area contributed by atoms with Gasteiger partial charge < -0.3 is 9.84 Å². The molecule has 1 aliphatic rings. The number of aliphatic hydroxyl groups is 1. The predicted octanol–water partition coefficient (Wildman–Crippen LogP) is 1.82. The molecule has 2 heteroatoms. The zero-order chi connectivity index (χ0) is 9.30. The zero-order valence-electron chi connectivity index (χ0n) is 8.45. The van der Waals surface area contributed by atoms with Crippen molar-refractivity contribution in [2.75, 3.05) is 0 Å². The Morgan fingerprint density at radius 2 is 1.75 bits per heavy atom. The van der Waals surface area contributed by atoms with Crippen molar-refractivity contribution < 1.29 is 9.84 Å². The van der Waals surface area contributed by atoms with Crippen LogP contribution in [0.3, 0.4) is 0 Å². The third-order valence-corrected chi connectivity index (χ3v) is 3.20. The third kappa shape index (κ3) is 1.64. The lowest BCUT2D eigenvalue weighted by molar-refractivity contribution is -0.157. The molecule has 1 aliphatic heterocycles. The van der Waals surface area contributed by atoms with Crippen LogP contribution in [0.5, 0.6) is 0 Å². The summed E-state index contributed by atoms with van der Waals surface area (Å²) < 4.78 is 5.77. The second-order valence-electron chi connectivity index (χ2n) is 4.00. The molecule has 0 aromatic heterocycles. The molecule has 1 saturated heterocycles. The van der Waals surface area contributed by atoms with E-state index < -0.39 is 0 Å². The molecule has 0 saturated carbocycles. The first kappa shape index (κ1) is 10.0. The molecule has 0 aliphatic carbocycles. The maximum Gasteiger partial charge on any atom is 0.0640 e. The molecule has 0 aromatic carbocycles. The van der Waals surface area contributed by atoms with E-state index in [1.54, 1.807) is 0 Å². The van der Waals surface area contributed by atoms with E-state index >= 15 is 0 Å². The molecule has 2 nitrogen and oxygen atoms in total. The van der Waals surface area contributed by atoms with Gasteiger partial charge in [0.2, 0.25) is 0 Å². The number of rotatable bonds is 1. The van der Waals surface area contributed by atoms with E-state index in [2.05, 4.69) is 20.8 Å². The lowest BCUT2D eigenvalue weighted by atomic mass is 9.82. The first-order chi connectivity index (χ1) is 5.57. The van der Waals surface area contributed by atoms with Crippen LogP contribution in [-0.2, 0) is 4.74 Å². The van der Waals surface area contributed by atoms with Crippen molar-refractivity contribution in [2.24, 2.45) is 11.8 Å². The Balaban J connectivity index is 2.63. The SMILES string of the molecule is CC[C@H]1O[C@H](C)[C@H](C)[C@H](O)[C@@H]1C. The molecule has 12 heavy (non-hydrogen) atoms. The molecule has 5 atom stereocenters. The summed E-state index contributed by atoms with van der Waals surface area (Å²) in [5, 5.41) is 9.84. The number of hydrogen-bond acceptors (Lipinski definition) is 2. The molecule has 1 N–H and O–H groups in total. The van der Waals surface area contributed by atoms with Crippen molar-refractivity contribution >= 4 is 0 Å². The fourth-order valence-electron chi connectivity index (χ4n) is 1.97. The van der Waals surface area contributed by atoms with E-state index in [0.717, 1.165) is 6.42 Å². The molecular formula is C10H20O2. The van der Waals surface area contributed by atoms with Crippen molar-refractivity contribution in [3.05, 3.63) is 0 Å². The molecule has 0 aromatic rings. The van der Waals surface area contributed by atoms with E-state index in [9.17, 15) is 5.11 Å². The molecular weight excluding hydrogens is 152 g/mol. The van der Waals surface area contributed by atoms with Crippen LogP contribution in [0.25, 0.3) is 0 Å². The second-order valence-corrected chi connectivity index (χ2v) is 4.00. The molecule has 0 spiro atoms. The van der Waals surface area contributed by atoms with Gasteiger partial charge in [0.1, 0.15) is 0 Å². The summed E-state index contributed by atoms with van der Waals surface area (Å²) >= 11 is 0. The normalized spacial score (nSPS) is 49.2. The minimum Gasteiger partial charge on any atom is -0.392 e. The smallest absolute Gasteiger partial charge is 0.0640 e. The van der Waals surface area contributed by atoms with Crippen LogP contribution in [0.15, 0.2) is 0 Å². The summed E-state index contributed by atoms with van der Waals surface area (Å²) in [6.07, 6.45) is 1.24. The first-order valence-electron chi connectivity index (χ1n) is 4.91. The Morgan fingerprint density at radius 3 is 2.25 bits per heavy atom. The van der Waals surface area contributed by atoms with Gasteiger partial charge >= 0.3 is 0 Å². The van der Waals surface area contributed by atoms with Crippen LogP contribution in [0, 0.1) is 11.8 Å². The quantitative estimate of drug-likeness (QED) is 0.653. The van der Waals surface area contributed by atoms with Gasteiger partial charge in [0.25, 0.3) is 0 Å². The molecule has 1 fully saturated rings. The van der Waals surface area contributed by atoms with Crippen LogP contribution in [0.2, 0.25) is 0 Å². The van der Waals surface area contributed by atoms with Crippen molar-refractivity contribution in [1.82, 2.24) is 0 Å². The van der Waals surface area contributed by atoms with Gasteiger partial charge in [0.05, 0.1) is 18.3 Å². The highest BCUT2D eigenvalue weighted by Gasteiger charge is 2.37. The average Bonchev–Trinajstić information content (AvgIpc) is 2.08. The highest BCUT2D eigenvalue weighted by Crippen LogP contribution is 2.30. The van der Waals surface area contributed by atoms with Crippen LogP contribution in [-0.4, -0.2) is 23.4 Å². The maximum absolute atomic E-state index is 9.84. The Bertz CT molecular complexity index is 142. The minimum absolute atomic E-state index is 0.196. The number of hydrogen-bond donors (Lipinski definition) is 1. The molecule has 0 amide bonds. The Labute approximate surface area is 74.9 Å². The van der Waals surface area contributed by atoms with E-state index in [4.69, 9.17) is 4.74 Å². The molecule has 0 radical (unpaired) electrons. The highest BCUT2D eigenvalue weighted by atomic mass is 16.5. The van der Waals surface area contributed by atoms with Gasteiger partial charge in [-0.05, 0) is 13.3 Å². The van der Waals surface area contributed by atoms with Gasteiger partial charge in [-0.15, -0.1) is 0 Å². The van der Waals surface area contributed by atoms with Crippen molar-refractivity contribution in [3.8, 4) is 0 Å². The van der Waals surface area contributed by atoms with Crippen molar-refractivity contribution in [2.45, 2.75) is 52.4 Å². The average molecular weight is 172 g/mol. The van der Waals surface area contributed by atoms with Gasteiger partial charge in [0.15, 0.2) is 0 Å². The summed E-state index contributed by atoms with van der Waals surface area (Å²) in [5.41, 5.74) is 0. The van der Waals surface area contributed by atoms with Gasteiger partial charge in [-0.3, -0.25) is 0 Å².